The molecule has 13 heavy (non-hydrogen) atoms. The minimum absolute atomic E-state index is 0.283. The van der Waals surface area contributed by atoms with Gasteiger partial charge in [0.2, 0.25) is 5.91 Å². The van der Waals surface area contributed by atoms with Crippen molar-refractivity contribution in [3.63, 3.8) is 0 Å². The summed E-state index contributed by atoms with van der Waals surface area (Å²) in [5.41, 5.74) is 9.05. The molecule has 0 atom stereocenters. The van der Waals surface area contributed by atoms with Crippen LogP contribution in [0.1, 0.15) is 22.5 Å². The van der Waals surface area contributed by atoms with Crippen molar-refractivity contribution < 1.29 is 4.79 Å². The normalized spacial score (nSPS) is 10.1. The van der Waals surface area contributed by atoms with Gasteiger partial charge in [-0.05, 0) is 38.0 Å². The van der Waals surface area contributed by atoms with Gasteiger partial charge in [0.25, 0.3) is 0 Å². The lowest BCUT2D eigenvalue weighted by molar-refractivity contribution is -0.117. The molecule has 0 radical (unpaired) electrons. The van der Waals surface area contributed by atoms with Gasteiger partial charge in [0.1, 0.15) is 0 Å². The smallest absolute Gasteiger partial charge is 0.221 e. The second kappa shape index (κ2) is 3.56. The highest BCUT2D eigenvalue weighted by Gasteiger charge is 2.07. The molecule has 3 heteroatoms. The molecular weight excluding hydrogens is 164 g/mol. The largest absolute Gasteiger partial charge is 0.369 e. The number of hydrogen-bond donors (Lipinski definition) is 1. The van der Waals surface area contributed by atoms with Crippen LogP contribution in [0, 0.1) is 20.8 Å². The van der Waals surface area contributed by atoms with Gasteiger partial charge in [0, 0.05) is 11.4 Å². The molecule has 0 aliphatic rings. The molecule has 0 aliphatic heterocycles. The van der Waals surface area contributed by atoms with E-state index in [2.05, 4.69) is 4.98 Å². The highest BCUT2D eigenvalue weighted by molar-refractivity contribution is 5.77. The fraction of sp³-hybridized carbons (Fsp3) is 0.400. The molecule has 1 rings (SSSR count). The summed E-state index contributed by atoms with van der Waals surface area (Å²) in [6, 6.07) is 1.96. The Hall–Kier alpha value is -1.38. The number of aromatic nitrogens is 1. The highest BCUT2D eigenvalue weighted by atomic mass is 16.1. The number of carbonyl (C=O) groups excluding carboxylic acids is 1. The molecule has 3 nitrogen and oxygen atoms in total. The topological polar surface area (TPSA) is 56.0 Å². The lowest BCUT2D eigenvalue weighted by Crippen LogP contribution is -2.16. The van der Waals surface area contributed by atoms with E-state index >= 15 is 0 Å². The van der Waals surface area contributed by atoms with Gasteiger partial charge in [-0.15, -0.1) is 0 Å². The van der Waals surface area contributed by atoms with Crippen molar-refractivity contribution in [2.24, 2.45) is 5.73 Å². The van der Waals surface area contributed by atoms with Crippen molar-refractivity contribution in [2.75, 3.05) is 0 Å². The summed E-state index contributed by atoms with van der Waals surface area (Å²) in [6.45, 7) is 5.81. The maximum atomic E-state index is 10.8. The van der Waals surface area contributed by atoms with Gasteiger partial charge >= 0.3 is 0 Å². The van der Waals surface area contributed by atoms with E-state index in [-0.39, 0.29) is 12.3 Å². The quantitative estimate of drug-likeness (QED) is 0.735. The number of aryl methyl sites for hydroxylation is 3. The molecule has 1 aromatic rings. The number of pyridine rings is 1. The zero-order valence-corrected chi connectivity index (χ0v) is 8.22. The first-order chi connectivity index (χ1) is 6.00. The minimum Gasteiger partial charge on any atom is -0.369 e. The van der Waals surface area contributed by atoms with Gasteiger partial charge in [-0.25, -0.2) is 0 Å². The van der Waals surface area contributed by atoms with Crippen molar-refractivity contribution in [1.29, 1.82) is 0 Å². The first-order valence-corrected chi connectivity index (χ1v) is 4.22. The van der Waals surface area contributed by atoms with Gasteiger partial charge in [-0.2, -0.15) is 0 Å². The van der Waals surface area contributed by atoms with E-state index in [1.165, 1.54) is 0 Å². The average Bonchev–Trinajstić information content (AvgIpc) is 1.96. The van der Waals surface area contributed by atoms with Crippen LogP contribution in [-0.2, 0) is 11.2 Å². The van der Waals surface area contributed by atoms with E-state index < -0.39 is 0 Å². The summed E-state index contributed by atoms with van der Waals surface area (Å²) in [6.07, 6.45) is 0.283. The van der Waals surface area contributed by atoms with E-state index in [9.17, 15) is 4.79 Å². The van der Waals surface area contributed by atoms with Crippen molar-refractivity contribution in [1.82, 2.24) is 4.98 Å². The van der Waals surface area contributed by atoms with Crippen molar-refractivity contribution in [2.45, 2.75) is 27.2 Å². The molecular formula is C10H14N2O. The third-order valence-electron chi connectivity index (χ3n) is 2.03. The molecule has 1 amide bonds. The lowest BCUT2D eigenvalue weighted by Gasteiger charge is -2.07. The molecule has 0 bridgehead atoms. The van der Waals surface area contributed by atoms with E-state index in [0.717, 1.165) is 22.5 Å². The highest BCUT2D eigenvalue weighted by Crippen LogP contribution is 2.13. The van der Waals surface area contributed by atoms with Crippen LogP contribution in [0.4, 0.5) is 0 Å². The number of rotatable bonds is 2. The van der Waals surface area contributed by atoms with Crippen LogP contribution in [0.15, 0.2) is 6.07 Å². The zero-order chi connectivity index (χ0) is 10.0. The van der Waals surface area contributed by atoms with Gasteiger partial charge in [0.05, 0.1) is 6.42 Å². The number of carbonyl (C=O) groups is 1. The maximum absolute atomic E-state index is 10.8. The molecule has 0 aliphatic carbocycles. The van der Waals surface area contributed by atoms with E-state index in [0.29, 0.717) is 0 Å². The molecule has 0 saturated heterocycles. The molecule has 0 spiro atoms. The van der Waals surface area contributed by atoms with E-state index in [4.69, 9.17) is 5.73 Å². The van der Waals surface area contributed by atoms with Crippen molar-refractivity contribution in [3.8, 4) is 0 Å². The average molecular weight is 178 g/mol. The molecule has 1 heterocycles. The third kappa shape index (κ3) is 2.28. The number of nitrogens with zero attached hydrogens (tertiary/aromatic N) is 1. The fourth-order valence-corrected chi connectivity index (χ4v) is 1.49. The van der Waals surface area contributed by atoms with Crippen LogP contribution >= 0.6 is 0 Å². The summed E-state index contributed by atoms with van der Waals surface area (Å²) in [7, 11) is 0. The van der Waals surface area contributed by atoms with Crippen LogP contribution in [-0.4, -0.2) is 10.9 Å². The molecule has 1 aromatic heterocycles. The predicted octanol–water partition coefficient (Wildman–Crippen LogP) is 1.03. The Bertz CT molecular complexity index is 322. The SMILES string of the molecule is Cc1cc(C)c(CC(N)=O)c(C)n1. The van der Waals surface area contributed by atoms with Crippen molar-refractivity contribution in [3.05, 3.63) is 28.6 Å². The zero-order valence-electron chi connectivity index (χ0n) is 8.22. The van der Waals surface area contributed by atoms with E-state index in [1.54, 1.807) is 0 Å². The van der Waals surface area contributed by atoms with Gasteiger partial charge in [-0.1, -0.05) is 0 Å². The van der Waals surface area contributed by atoms with Crippen molar-refractivity contribution >= 4 is 5.91 Å². The number of primary amides is 1. The Labute approximate surface area is 78.0 Å². The molecule has 0 unspecified atom stereocenters. The molecule has 0 saturated carbocycles. The summed E-state index contributed by atoms with van der Waals surface area (Å²) >= 11 is 0. The Morgan fingerprint density at radius 3 is 2.54 bits per heavy atom. The molecule has 0 fully saturated rings. The number of amides is 1. The first-order valence-electron chi connectivity index (χ1n) is 4.22. The van der Waals surface area contributed by atoms with Crippen LogP contribution in [0.5, 0.6) is 0 Å². The van der Waals surface area contributed by atoms with Gasteiger partial charge in [0.15, 0.2) is 0 Å². The predicted molar refractivity (Wildman–Crippen MR) is 51.3 cm³/mol. The summed E-state index contributed by atoms with van der Waals surface area (Å²) in [5.74, 6) is -0.308. The molecule has 0 aromatic carbocycles. The minimum atomic E-state index is -0.308. The number of nitrogens with two attached hydrogens (primary N) is 1. The maximum Gasteiger partial charge on any atom is 0.221 e. The standard InChI is InChI=1S/C10H14N2O/c1-6-4-7(2)12-8(3)9(6)5-10(11)13/h4H,5H2,1-3H3,(H2,11,13). The summed E-state index contributed by atoms with van der Waals surface area (Å²) < 4.78 is 0. The lowest BCUT2D eigenvalue weighted by atomic mass is 10.0. The second-order valence-electron chi connectivity index (χ2n) is 3.29. The summed E-state index contributed by atoms with van der Waals surface area (Å²) in [5, 5.41) is 0. The van der Waals surface area contributed by atoms with Crippen LogP contribution < -0.4 is 5.73 Å². The van der Waals surface area contributed by atoms with E-state index in [1.807, 2.05) is 26.8 Å². The van der Waals surface area contributed by atoms with Crippen LogP contribution in [0.3, 0.4) is 0 Å². The Morgan fingerprint density at radius 2 is 2.08 bits per heavy atom. The van der Waals surface area contributed by atoms with Crippen LogP contribution in [0.25, 0.3) is 0 Å². The molecule has 70 valence electrons. The number of hydrogen-bond acceptors (Lipinski definition) is 2. The first kappa shape index (κ1) is 9.71. The van der Waals surface area contributed by atoms with Gasteiger partial charge < -0.3 is 5.73 Å². The summed E-state index contributed by atoms with van der Waals surface area (Å²) in [4.78, 5) is 15.0. The Balaban J connectivity index is 3.13. The van der Waals surface area contributed by atoms with Gasteiger partial charge in [-0.3, -0.25) is 9.78 Å². The second-order valence-corrected chi connectivity index (χ2v) is 3.29. The van der Waals surface area contributed by atoms with Crippen LogP contribution in [0.2, 0.25) is 0 Å². The third-order valence-corrected chi connectivity index (χ3v) is 2.03. The molecule has 2 N–H and O–H groups in total. The fourth-order valence-electron chi connectivity index (χ4n) is 1.49. The Morgan fingerprint density at radius 1 is 1.46 bits per heavy atom. The Kier molecular flexibility index (Phi) is 2.66. The monoisotopic (exact) mass is 178 g/mol.